The summed E-state index contributed by atoms with van der Waals surface area (Å²) in [5, 5.41) is 7.42. The van der Waals surface area contributed by atoms with Crippen LogP contribution in [0.2, 0.25) is 0 Å². The Bertz CT molecular complexity index is 863. The zero-order valence-corrected chi connectivity index (χ0v) is 16.9. The zero-order chi connectivity index (χ0) is 20.1. The van der Waals surface area contributed by atoms with E-state index in [1.165, 1.54) is 13.3 Å². The topological polar surface area (TPSA) is 122 Å². The molecule has 1 aromatic carbocycles. The summed E-state index contributed by atoms with van der Waals surface area (Å²) in [6, 6.07) is 7.12. The van der Waals surface area contributed by atoms with E-state index in [2.05, 4.69) is 9.97 Å². The van der Waals surface area contributed by atoms with Crippen LogP contribution in [0.5, 0.6) is 0 Å². The first-order valence-electron chi connectivity index (χ1n) is 9.11. The molecule has 0 radical (unpaired) electrons. The van der Waals surface area contributed by atoms with Crippen molar-refractivity contribution in [2.24, 2.45) is 11.7 Å². The lowest BCUT2D eigenvalue weighted by Crippen LogP contribution is -2.39. The molecule has 1 aliphatic rings. The van der Waals surface area contributed by atoms with Crippen LogP contribution in [-0.4, -0.2) is 52.8 Å². The van der Waals surface area contributed by atoms with Gasteiger partial charge in [-0.05, 0) is 18.8 Å². The summed E-state index contributed by atoms with van der Waals surface area (Å²) in [5.41, 5.74) is 7.87. The molecule has 3 N–H and O–H groups in total. The van der Waals surface area contributed by atoms with Crippen molar-refractivity contribution in [3.8, 4) is 11.3 Å². The molecule has 0 spiro atoms. The smallest absolute Gasteiger partial charge is 0.305 e. The van der Waals surface area contributed by atoms with Crippen LogP contribution in [0.15, 0.2) is 36.7 Å². The predicted molar refractivity (Wildman–Crippen MR) is 111 cm³/mol. The Morgan fingerprint density at radius 2 is 1.83 bits per heavy atom. The summed E-state index contributed by atoms with van der Waals surface area (Å²) >= 11 is 0. The van der Waals surface area contributed by atoms with Crippen molar-refractivity contribution in [1.82, 2.24) is 14.9 Å². The lowest BCUT2D eigenvalue weighted by molar-refractivity contribution is -0.142. The minimum atomic E-state index is -0.206. The van der Waals surface area contributed by atoms with Crippen molar-refractivity contribution < 1.29 is 14.3 Å². The number of amidine groups is 1. The Morgan fingerprint density at radius 3 is 2.34 bits per heavy atom. The van der Waals surface area contributed by atoms with Crippen LogP contribution < -0.4 is 5.73 Å². The monoisotopic (exact) mass is 417 g/mol. The van der Waals surface area contributed by atoms with Crippen LogP contribution in [0.3, 0.4) is 0 Å². The molecule has 0 aliphatic carbocycles. The summed E-state index contributed by atoms with van der Waals surface area (Å²) < 4.78 is 4.71. The summed E-state index contributed by atoms with van der Waals surface area (Å²) in [6.07, 6.45) is 5.00. The first-order valence-corrected chi connectivity index (χ1v) is 9.11. The number of nitrogens with zero attached hydrogens (tertiary/aromatic N) is 3. The summed E-state index contributed by atoms with van der Waals surface area (Å²) in [5.74, 6) is -0.0954. The number of nitrogen functional groups attached to an aromatic ring is 1. The van der Waals surface area contributed by atoms with E-state index in [1.54, 1.807) is 23.2 Å². The number of carbonyl (C=O) groups excluding carboxylic acids is 2. The van der Waals surface area contributed by atoms with Crippen molar-refractivity contribution in [3.63, 3.8) is 0 Å². The van der Waals surface area contributed by atoms with Crippen LogP contribution in [0.4, 0.5) is 0 Å². The summed E-state index contributed by atoms with van der Waals surface area (Å²) in [4.78, 5) is 34.4. The highest BCUT2D eigenvalue weighted by molar-refractivity contribution is 5.95. The maximum Gasteiger partial charge on any atom is 0.305 e. The maximum absolute atomic E-state index is 12.6. The molecule has 29 heavy (non-hydrogen) atoms. The van der Waals surface area contributed by atoms with Gasteiger partial charge in [0.1, 0.15) is 11.5 Å². The number of nitrogens with one attached hydrogen (secondary N) is 1. The highest BCUT2D eigenvalue weighted by atomic mass is 35.5. The number of hydrogen-bond donors (Lipinski definition) is 2. The largest absolute Gasteiger partial charge is 0.469 e. The molecule has 0 atom stereocenters. The van der Waals surface area contributed by atoms with Crippen molar-refractivity contribution in [2.75, 3.05) is 20.2 Å². The van der Waals surface area contributed by atoms with Crippen LogP contribution in [0.1, 0.15) is 35.3 Å². The number of hydrogen-bond acceptors (Lipinski definition) is 6. The molecule has 2 heterocycles. The van der Waals surface area contributed by atoms with Gasteiger partial charge < -0.3 is 15.4 Å². The number of ether oxygens (including phenoxy) is 1. The Kier molecular flexibility index (Phi) is 7.67. The number of nitrogens with two attached hydrogens (primary N) is 1. The molecule has 9 heteroatoms. The highest BCUT2D eigenvalue weighted by Crippen LogP contribution is 2.22. The number of halogens is 1. The molecule has 0 bridgehead atoms. The molecule has 1 aromatic heterocycles. The van der Waals surface area contributed by atoms with E-state index in [1.807, 2.05) is 12.1 Å². The van der Waals surface area contributed by atoms with Gasteiger partial charge in [0.2, 0.25) is 0 Å². The molecule has 2 aromatic rings. The Hall–Kier alpha value is -3.00. The average Bonchev–Trinajstić information content (AvgIpc) is 2.74. The van der Waals surface area contributed by atoms with Crippen LogP contribution in [-0.2, 0) is 9.53 Å². The second-order valence-corrected chi connectivity index (χ2v) is 6.79. The second kappa shape index (κ2) is 9.97. The minimum Gasteiger partial charge on any atom is -0.469 e. The number of aromatic nitrogens is 2. The number of benzene rings is 1. The van der Waals surface area contributed by atoms with Crippen molar-refractivity contribution >= 4 is 30.1 Å². The lowest BCUT2D eigenvalue weighted by atomic mass is 9.93. The fraction of sp³-hybridized carbons (Fsp3) is 0.350. The van der Waals surface area contributed by atoms with Gasteiger partial charge in [0.15, 0.2) is 0 Å². The minimum absolute atomic E-state index is 0. The fourth-order valence-electron chi connectivity index (χ4n) is 3.23. The van der Waals surface area contributed by atoms with Gasteiger partial charge in [-0.1, -0.05) is 24.3 Å². The van der Waals surface area contributed by atoms with E-state index >= 15 is 0 Å². The molecule has 0 unspecified atom stereocenters. The third kappa shape index (κ3) is 5.51. The van der Waals surface area contributed by atoms with Gasteiger partial charge in [0.05, 0.1) is 25.2 Å². The molecule has 1 aliphatic heterocycles. The van der Waals surface area contributed by atoms with Crippen molar-refractivity contribution in [3.05, 3.63) is 47.9 Å². The average molecular weight is 418 g/mol. The van der Waals surface area contributed by atoms with E-state index in [9.17, 15) is 9.59 Å². The standard InChI is InChI=1S/C20H23N5O3.ClH/c1-28-18(26)10-13-6-8-25(9-7-13)20(27)17-12-23-16(11-24-17)14-2-4-15(5-3-14)19(21)22;/h2-5,11-13H,6-10H2,1H3,(H3,21,22);1H. The first-order chi connectivity index (χ1) is 13.5. The Labute approximate surface area is 175 Å². The van der Waals surface area contributed by atoms with Crippen LogP contribution in [0, 0.1) is 11.3 Å². The highest BCUT2D eigenvalue weighted by Gasteiger charge is 2.26. The molecule has 1 saturated heterocycles. The molecule has 3 rings (SSSR count). The van der Waals surface area contributed by atoms with E-state index in [0.717, 1.165) is 18.4 Å². The summed E-state index contributed by atoms with van der Waals surface area (Å²) in [7, 11) is 1.39. The number of piperidine rings is 1. The number of likely N-dealkylation sites (tertiary alicyclic amines) is 1. The second-order valence-electron chi connectivity index (χ2n) is 6.79. The fourth-order valence-corrected chi connectivity index (χ4v) is 3.23. The molecular formula is C20H24ClN5O3. The number of esters is 1. The molecule has 1 amide bonds. The van der Waals surface area contributed by atoms with Gasteiger partial charge in [-0.2, -0.15) is 0 Å². The third-order valence-corrected chi connectivity index (χ3v) is 4.95. The number of rotatable bonds is 5. The van der Waals surface area contributed by atoms with Gasteiger partial charge in [-0.3, -0.25) is 20.0 Å². The van der Waals surface area contributed by atoms with E-state index in [0.29, 0.717) is 36.5 Å². The van der Waals surface area contributed by atoms with Gasteiger partial charge in [0.25, 0.3) is 5.91 Å². The first kappa shape index (κ1) is 22.3. The van der Waals surface area contributed by atoms with Crippen molar-refractivity contribution in [2.45, 2.75) is 19.3 Å². The van der Waals surface area contributed by atoms with E-state index in [4.69, 9.17) is 15.9 Å². The molecular weight excluding hydrogens is 394 g/mol. The number of methoxy groups -OCH3 is 1. The molecule has 154 valence electrons. The normalized spacial score (nSPS) is 14.0. The maximum atomic E-state index is 12.6. The van der Waals surface area contributed by atoms with Gasteiger partial charge in [0, 0.05) is 30.6 Å². The quantitative estimate of drug-likeness (QED) is 0.437. The number of amides is 1. The van der Waals surface area contributed by atoms with E-state index < -0.39 is 0 Å². The zero-order valence-electron chi connectivity index (χ0n) is 16.1. The van der Waals surface area contributed by atoms with Crippen molar-refractivity contribution in [1.29, 1.82) is 5.41 Å². The lowest BCUT2D eigenvalue weighted by Gasteiger charge is -2.31. The van der Waals surface area contributed by atoms with Crippen LogP contribution >= 0.6 is 12.4 Å². The van der Waals surface area contributed by atoms with Gasteiger partial charge in [-0.25, -0.2) is 4.98 Å². The Morgan fingerprint density at radius 1 is 1.17 bits per heavy atom. The van der Waals surface area contributed by atoms with E-state index in [-0.39, 0.29) is 36.0 Å². The molecule has 0 saturated carbocycles. The number of carbonyl (C=O) groups is 2. The predicted octanol–water partition coefficient (Wildman–Crippen LogP) is 2.26. The summed E-state index contributed by atoms with van der Waals surface area (Å²) in [6.45, 7) is 1.19. The van der Waals surface area contributed by atoms with Crippen LogP contribution in [0.25, 0.3) is 11.3 Å². The third-order valence-electron chi connectivity index (χ3n) is 4.95. The molecule has 8 nitrogen and oxygen atoms in total. The Balaban J connectivity index is 0.00000300. The SMILES string of the molecule is COC(=O)CC1CCN(C(=O)c2cnc(-c3ccc(C(=N)N)cc3)cn2)CC1.Cl. The van der Waals surface area contributed by atoms with Gasteiger partial charge in [-0.15, -0.1) is 12.4 Å². The van der Waals surface area contributed by atoms with Gasteiger partial charge >= 0.3 is 5.97 Å². The molecule has 1 fully saturated rings.